The first kappa shape index (κ1) is 11.7. The van der Waals surface area contributed by atoms with Gasteiger partial charge in [0.25, 0.3) is 0 Å². The van der Waals surface area contributed by atoms with E-state index in [1.807, 2.05) is 0 Å². The van der Waals surface area contributed by atoms with Crippen molar-refractivity contribution >= 4 is 0 Å². The molecule has 0 nitrogen and oxygen atoms in total. The fourth-order valence-corrected chi connectivity index (χ4v) is 3.57. The lowest BCUT2D eigenvalue weighted by molar-refractivity contribution is 0.404. The van der Waals surface area contributed by atoms with E-state index in [2.05, 4.69) is 45.9 Å². The van der Waals surface area contributed by atoms with Gasteiger partial charge in [-0.05, 0) is 32.1 Å². The quantitative estimate of drug-likeness (QED) is 0.616. The third-order valence-corrected chi connectivity index (χ3v) is 4.48. The molecular formula is C16H24. The molecule has 1 fully saturated rings. The van der Waals surface area contributed by atoms with Crippen LogP contribution in [0.2, 0.25) is 0 Å². The summed E-state index contributed by atoms with van der Waals surface area (Å²) in [5, 5.41) is 0. The second-order valence-electron chi connectivity index (χ2n) is 5.53. The SMILES string of the molecule is CCCC1CC2C(C)=CC=CC(C)=C2C1C. The third kappa shape index (κ3) is 1.90. The molecule has 2 aliphatic carbocycles. The molecule has 0 radical (unpaired) electrons. The first-order valence-corrected chi connectivity index (χ1v) is 6.70. The van der Waals surface area contributed by atoms with Crippen molar-refractivity contribution in [2.24, 2.45) is 17.8 Å². The van der Waals surface area contributed by atoms with E-state index in [-0.39, 0.29) is 0 Å². The van der Waals surface area contributed by atoms with Crippen molar-refractivity contribution < 1.29 is 0 Å². The molecule has 0 saturated heterocycles. The molecule has 2 rings (SSSR count). The molecule has 0 aliphatic heterocycles. The average molecular weight is 216 g/mol. The maximum Gasteiger partial charge on any atom is 0.00186 e. The van der Waals surface area contributed by atoms with Gasteiger partial charge in [-0.15, -0.1) is 0 Å². The highest BCUT2D eigenvalue weighted by Gasteiger charge is 2.36. The Morgan fingerprint density at radius 2 is 2.06 bits per heavy atom. The number of fused-ring (bicyclic) bond motifs is 1. The highest BCUT2D eigenvalue weighted by Crippen LogP contribution is 2.48. The monoisotopic (exact) mass is 216 g/mol. The van der Waals surface area contributed by atoms with E-state index >= 15 is 0 Å². The van der Waals surface area contributed by atoms with Crippen LogP contribution in [0, 0.1) is 17.8 Å². The lowest BCUT2D eigenvalue weighted by atomic mass is 9.88. The lowest BCUT2D eigenvalue weighted by Crippen LogP contribution is -2.05. The van der Waals surface area contributed by atoms with Crippen LogP contribution in [-0.4, -0.2) is 0 Å². The van der Waals surface area contributed by atoms with Crippen LogP contribution < -0.4 is 0 Å². The highest BCUT2D eigenvalue weighted by atomic mass is 14.4. The Bertz CT molecular complexity index is 354. The highest BCUT2D eigenvalue weighted by molar-refractivity contribution is 5.40. The molecule has 0 heterocycles. The Balaban J connectivity index is 2.34. The van der Waals surface area contributed by atoms with Crippen molar-refractivity contribution in [1.82, 2.24) is 0 Å². The van der Waals surface area contributed by atoms with Gasteiger partial charge >= 0.3 is 0 Å². The summed E-state index contributed by atoms with van der Waals surface area (Å²) < 4.78 is 0. The Morgan fingerprint density at radius 1 is 1.31 bits per heavy atom. The van der Waals surface area contributed by atoms with Gasteiger partial charge < -0.3 is 0 Å². The van der Waals surface area contributed by atoms with Crippen LogP contribution in [0.3, 0.4) is 0 Å². The van der Waals surface area contributed by atoms with E-state index < -0.39 is 0 Å². The zero-order valence-corrected chi connectivity index (χ0v) is 11.1. The summed E-state index contributed by atoms with van der Waals surface area (Å²) in [7, 11) is 0. The van der Waals surface area contributed by atoms with E-state index in [0.29, 0.717) is 0 Å². The Kier molecular flexibility index (Phi) is 3.37. The fourth-order valence-electron chi connectivity index (χ4n) is 3.57. The maximum atomic E-state index is 2.44. The largest absolute Gasteiger partial charge is 0.0661 e. The minimum atomic E-state index is 0.738. The molecule has 0 bridgehead atoms. The molecule has 0 N–H and O–H groups in total. The summed E-state index contributed by atoms with van der Waals surface area (Å²) in [6, 6.07) is 0. The number of hydrogen-bond acceptors (Lipinski definition) is 0. The second kappa shape index (κ2) is 4.61. The summed E-state index contributed by atoms with van der Waals surface area (Å²) in [5.41, 5.74) is 4.80. The van der Waals surface area contributed by atoms with Crippen LogP contribution >= 0.6 is 0 Å². The molecule has 1 saturated carbocycles. The predicted octanol–water partition coefficient (Wildman–Crippen LogP) is 4.89. The lowest BCUT2D eigenvalue weighted by Gasteiger charge is -2.17. The van der Waals surface area contributed by atoms with Crippen molar-refractivity contribution in [2.45, 2.75) is 47.0 Å². The van der Waals surface area contributed by atoms with Gasteiger partial charge in [0.1, 0.15) is 0 Å². The van der Waals surface area contributed by atoms with Crippen LogP contribution in [-0.2, 0) is 0 Å². The zero-order valence-electron chi connectivity index (χ0n) is 11.1. The van der Waals surface area contributed by atoms with E-state index in [1.165, 1.54) is 24.8 Å². The molecule has 0 amide bonds. The Hall–Kier alpha value is -0.780. The zero-order chi connectivity index (χ0) is 11.7. The second-order valence-corrected chi connectivity index (χ2v) is 5.53. The van der Waals surface area contributed by atoms with Crippen LogP contribution in [0.5, 0.6) is 0 Å². The minimum Gasteiger partial charge on any atom is -0.0661 e. The first-order valence-electron chi connectivity index (χ1n) is 6.70. The molecule has 16 heavy (non-hydrogen) atoms. The van der Waals surface area contributed by atoms with E-state index in [4.69, 9.17) is 0 Å². The molecule has 0 heteroatoms. The van der Waals surface area contributed by atoms with Gasteiger partial charge in [0.2, 0.25) is 0 Å². The van der Waals surface area contributed by atoms with Crippen LogP contribution in [0.1, 0.15) is 47.0 Å². The van der Waals surface area contributed by atoms with Gasteiger partial charge in [0.05, 0.1) is 0 Å². The normalized spacial score (nSPS) is 33.8. The molecule has 88 valence electrons. The van der Waals surface area contributed by atoms with Gasteiger partial charge in [-0.2, -0.15) is 0 Å². The number of rotatable bonds is 2. The van der Waals surface area contributed by atoms with Crippen LogP contribution in [0.15, 0.2) is 34.9 Å². The summed E-state index contributed by atoms with van der Waals surface area (Å²) in [6.07, 6.45) is 10.9. The third-order valence-electron chi connectivity index (χ3n) is 4.48. The average Bonchev–Trinajstić information content (AvgIpc) is 2.49. The molecular weight excluding hydrogens is 192 g/mol. The molecule has 0 aromatic carbocycles. The van der Waals surface area contributed by atoms with Gasteiger partial charge in [0.15, 0.2) is 0 Å². The maximum absolute atomic E-state index is 2.44. The molecule has 3 unspecified atom stereocenters. The number of allylic oxidation sites excluding steroid dienone is 6. The molecule has 0 aromatic rings. The summed E-state index contributed by atoms with van der Waals surface area (Å²) in [4.78, 5) is 0. The van der Waals surface area contributed by atoms with Crippen molar-refractivity contribution in [3.8, 4) is 0 Å². The van der Waals surface area contributed by atoms with Crippen LogP contribution in [0.25, 0.3) is 0 Å². The molecule has 0 spiro atoms. The van der Waals surface area contributed by atoms with E-state index in [9.17, 15) is 0 Å². The van der Waals surface area contributed by atoms with Crippen molar-refractivity contribution in [3.63, 3.8) is 0 Å². The van der Waals surface area contributed by atoms with Crippen LogP contribution in [0.4, 0.5) is 0 Å². The fraction of sp³-hybridized carbons (Fsp3) is 0.625. The van der Waals surface area contributed by atoms with Gasteiger partial charge in [0, 0.05) is 5.92 Å². The van der Waals surface area contributed by atoms with E-state index in [0.717, 1.165) is 17.8 Å². The van der Waals surface area contributed by atoms with Gasteiger partial charge in [-0.25, -0.2) is 0 Å². The van der Waals surface area contributed by atoms with Crippen molar-refractivity contribution in [2.75, 3.05) is 0 Å². The molecule has 0 aromatic heterocycles. The summed E-state index contributed by atoms with van der Waals surface area (Å²) in [5.74, 6) is 2.44. The Labute approximate surface area is 100 Å². The summed E-state index contributed by atoms with van der Waals surface area (Å²) >= 11 is 0. The predicted molar refractivity (Wildman–Crippen MR) is 71.3 cm³/mol. The van der Waals surface area contributed by atoms with E-state index in [1.54, 1.807) is 11.1 Å². The first-order chi connectivity index (χ1) is 7.65. The van der Waals surface area contributed by atoms with Gasteiger partial charge in [-0.1, -0.05) is 61.6 Å². The summed E-state index contributed by atoms with van der Waals surface area (Å²) in [6.45, 7) is 9.33. The van der Waals surface area contributed by atoms with Crippen molar-refractivity contribution in [1.29, 1.82) is 0 Å². The standard InChI is InChI=1S/C16H24/c1-5-7-14-10-15-11(2)8-6-9-12(3)16(15)13(14)4/h6,8-9,13-15H,5,7,10H2,1-4H3. The minimum absolute atomic E-state index is 0.738. The Morgan fingerprint density at radius 3 is 2.75 bits per heavy atom. The smallest absolute Gasteiger partial charge is 0.00186 e. The topological polar surface area (TPSA) is 0 Å². The van der Waals surface area contributed by atoms with Crippen molar-refractivity contribution in [3.05, 3.63) is 34.9 Å². The number of hydrogen-bond donors (Lipinski definition) is 0. The molecule has 3 atom stereocenters. The van der Waals surface area contributed by atoms with Gasteiger partial charge in [-0.3, -0.25) is 0 Å². The molecule has 2 aliphatic rings.